The van der Waals surface area contributed by atoms with Gasteiger partial charge in [0, 0.05) is 129 Å². The molecule has 0 bridgehead atoms. The van der Waals surface area contributed by atoms with Gasteiger partial charge in [-0.05, 0) is 142 Å². The van der Waals surface area contributed by atoms with Crippen molar-refractivity contribution in [2.75, 3.05) is 91.9 Å². The van der Waals surface area contributed by atoms with Crippen molar-refractivity contribution in [3.8, 4) is 0 Å². The van der Waals surface area contributed by atoms with Crippen molar-refractivity contribution in [3.63, 3.8) is 0 Å². The maximum absolute atomic E-state index is 13.4. The standard InChI is InChI=1S/C21H24FN7O.C19H20FN7O.C18H19Cl2N7.C18H20ClN7/c22-15-5-3-13(4-6-15)20(14-7-8-30-11-14)25-18-10-17(26-21(23)27-18)24-19-9-16(28-29-19)12-1-2-12;20-13-5-3-12(4-6-13)19(9-28-10-19)25-16-8-15(23-18(21)24-16)22-17-7-14(26-27-17)11-1-2-11;1-9(12-5-4-11(19)6-13(12)20)22-15-8-16(25-18(21)24-15)23-17-7-14(26-27-17)10-2-3-10;1-10(11-4-6-13(19)7-5-11)21-15-9-16(24-18(20)23-15)22-17-8-14(25-26-17)12-2-3-12/h3-6,9-10,12,14,20H,1-2,7-8,11H2,(H5,23,24,25,26,27,28,29);3-8,11H,1-2,9-10H2,(H5,21,22,23,24,25,26,27);4-10H,2-3H2,1H3,(H5,21,22,23,24,25,26,27);4-10,12H,2-3H2,1H3,(H5,20,21,22,23,24,25,26). The van der Waals surface area contributed by atoms with E-state index in [-0.39, 0.29) is 59.5 Å². The second kappa shape index (κ2) is 33.2. The van der Waals surface area contributed by atoms with Gasteiger partial charge in [0.15, 0.2) is 23.3 Å². The molecule has 6 aliphatic rings. The van der Waals surface area contributed by atoms with Crippen LogP contribution in [0.1, 0.15) is 158 Å². The van der Waals surface area contributed by atoms with Crippen molar-refractivity contribution in [2.45, 2.75) is 119 Å². The highest BCUT2D eigenvalue weighted by atomic mass is 35.5. The highest BCUT2D eigenvalue weighted by Gasteiger charge is 2.41. The molecule has 4 aromatic carbocycles. The van der Waals surface area contributed by atoms with Gasteiger partial charge in [0.1, 0.15) is 63.7 Å². The first-order valence-electron chi connectivity index (χ1n) is 36.6. The zero-order valence-corrected chi connectivity index (χ0v) is 62.7. The fourth-order valence-electron chi connectivity index (χ4n) is 12.9. The Labute approximate surface area is 651 Å². The lowest BCUT2D eigenvalue weighted by Gasteiger charge is -2.43. The summed E-state index contributed by atoms with van der Waals surface area (Å²) in [5, 5.41) is 57.4. The average Bonchev–Trinajstić information content (AvgIpc) is 1.77. The molecule has 12 aromatic rings. The fourth-order valence-corrected chi connectivity index (χ4v) is 13.6. The third kappa shape index (κ3) is 20.0. The monoisotopic (exact) mass is 1560 g/mol. The zero-order valence-electron chi connectivity index (χ0n) is 60.5. The topological polar surface area (TPSA) is 437 Å². The minimum absolute atomic E-state index is 0.0428. The van der Waals surface area contributed by atoms with Crippen molar-refractivity contribution in [2.24, 2.45) is 5.92 Å². The summed E-state index contributed by atoms with van der Waals surface area (Å²) in [6, 6.07) is 41.0. The van der Waals surface area contributed by atoms with Gasteiger partial charge in [-0.2, -0.15) is 60.3 Å². The molecule has 4 aliphatic carbocycles. The molecular weight excluding hydrogens is 1480 g/mol. The van der Waals surface area contributed by atoms with Crippen LogP contribution in [0.5, 0.6) is 0 Å². The molecule has 0 amide bonds. The van der Waals surface area contributed by atoms with Crippen LogP contribution in [0, 0.1) is 17.6 Å². The van der Waals surface area contributed by atoms with Gasteiger partial charge in [0.25, 0.3) is 0 Å². The van der Waals surface area contributed by atoms with Gasteiger partial charge in [-0.25, -0.2) is 8.78 Å². The number of benzene rings is 4. The highest BCUT2D eigenvalue weighted by molar-refractivity contribution is 6.35. The molecule has 8 aromatic heterocycles. The summed E-state index contributed by atoms with van der Waals surface area (Å²) in [6.45, 7) is 6.29. The van der Waals surface area contributed by atoms with E-state index in [0.29, 0.717) is 129 Å². The van der Waals surface area contributed by atoms with E-state index in [4.69, 9.17) is 67.2 Å². The van der Waals surface area contributed by atoms with E-state index >= 15 is 0 Å². The second-order valence-corrected chi connectivity index (χ2v) is 29.7. The lowest BCUT2D eigenvalue weighted by molar-refractivity contribution is -0.0449. The Balaban J connectivity index is 0.000000117. The Bertz CT molecular complexity index is 5160. The van der Waals surface area contributed by atoms with Gasteiger partial charge in [0.05, 0.1) is 31.9 Å². The van der Waals surface area contributed by atoms with Crippen LogP contribution >= 0.6 is 34.8 Å². The zero-order chi connectivity index (χ0) is 76.7. The van der Waals surface area contributed by atoms with E-state index in [9.17, 15) is 8.78 Å². The van der Waals surface area contributed by atoms with Gasteiger partial charge >= 0.3 is 0 Å². The molecule has 2 saturated heterocycles. The number of ether oxygens (including phenoxy) is 2. The first-order valence-corrected chi connectivity index (χ1v) is 37.7. The van der Waals surface area contributed by atoms with E-state index in [0.717, 1.165) is 57.3 Å². The number of aromatic nitrogens is 16. The Kier molecular flexibility index (Phi) is 22.4. The predicted molar refractivity (Wildman–Crippen MR) is 427 cm³/mol. The largest absolute Gasteiger partial charge is 0.381 e. The maximum Gasteiger partial charge on any atom is 0.223 e. The summed E-state index contributed by atoms with van der Waals surface area (Å²) in [4.78, 5) is 34.1. The summed E-state index contributed by atoms with van der Waals surface area (Å²) in [6.07, 6.45) is 10.6. The first kappa shape index (κ1) is 74.7. The molecule has 35 heteroatoms. The van der Waals surface area contributed by atoms with Crippen LogP contribution in [0.4, 0.5) is 102 Å². The molecule has 4 atom stereocenters. The van der Waals surface area contributed by atoms with Crippen molar-refractivity contribution < 1.29 is 18.3 Å². The van der Waals surface area contributed by atoms with Gasteiger partial charge in [0.2, 0.25) is 23.8 Å². The molecule has 0 radical (unpaired) electrons. The molecule has 20 N–H and O–H groups in total. The Morgan fingerprint density at radius 2 is 0.784 bits per heavy atom. The summed E-state index contributed by atoms with van der Waals surface area (Å²) in [7, 11) is 0. The van der Waals surface area contributed by atoms with Crippen molar-refractivity contribution in [1.82, 2.24) is 80.7 Å². The van der Waals surface area contributed by atoms with E-state index in [1.54, 1.807) is 54.6 Å². The minimum Gasteiger partial charge on any atom is -0.381 e. The van der Waals surface area contributed by atoms with E-state index in [1.165, 1.54) is 75.6 Å². The van der Waals surface area contributed by atoms with Crippen LogP contribution in [0.3, 0.4) is 0 Å². The highest BCUT2D eigenvalue weighted by Crippen LogP contribution is 2.44. The van der Waals surface area contributed by atoms with Crippen LogP contribution < -0.4 is 65.5 Å². The van der Waals surface area contributed by atoms with E-state index in [1.807, 2.05) is 74.5 Å². The van der Waals surface area contributed by atoms with Crippen LogP contribution in [0.25, 0.3) is 0 Å². The molecule has 2 aliphatic heterocycles. The second-order valence-electron chi connectivity index (χ2n) is 28.4. The smallest absolute Gasteiger partial charge is 0.223 e. The Hall–Kier alpha value is -11.7. The quantitative estimate of drug-likeness (QED) is 0.0253. The predicted octanol–water partition coefficient (Wildman–Crippen LogP) is 15.7. The number of anilines is 16. The maximum atomic E-state index is 13.4. The summed E-state index contributed by atoms with van der Waals surface area (Å²) in [5.74, 6) is 10.2. The lowest BCUT2D eigenvalue weighted by Crippen LogP contribution is -2.53. The number of nitrogens with one attached hydrogen (secondary N) is 12. The van der Waals surface area contributed by atoms with Crippen LogP contribution in [-0.2, 0) is 15.0 Å². The van der Waals surface area contributed by atoms with Crippen molar-refractivity contribution >= 4 is 128 Å². The van der Waals surface area contributed by atoms with E-state index < -0.39 is 5.54 Å². The molecule has 4 unspecified atom stereocenters. The number of aromatic amines is 4. The lowest BCUT2D eigenvalue weighted by atomic mass is 9.88. The number of hydrogen-bond donors (Lipinski definition) is 16. The molecule has 6 fully saturated rings. The number of nitrogen functional groups attached to an aromatic ring is 4. The van der Waals surface area contributed by atoms with Crippen LogP contribution in [0.2, 0.25) is 15.1 Å². The number of halogens is 5. The van der Waals surface area contributed by atoms with Gasteiger partial charge in [-0.15, -0.1) is 0 Å². The third-order valence-electron chi connectivity index (χ3n) is 19.4. The average molecular weight is 1570 g/mol. The van der Waals surface area contributed by atoms with Crippen molar-refractivity contribution in [3.05, 3.63) is 211 Å². The molecule has 10 heterocycles. The number of hydrogen-bond acceptors (Lipinski definition) is 26. The molecule has 4 saturated carbocycles. The molecule has 574 valence electrons. The number of nitrogens with two attached hydrogens (primary N) is 4. The first-order chi connectivity index (χ1) is 53.8. The van der Waals surface area contributed by atoms with Crippen LogP contribution in [0.15, 0.2) is 140 Å². The third-order valence-corrected chi connectivity index (χ3v) is 20.2. The van der Waals surface area contributed by atoms with Crippen molar-refractivity contribution in [1.29, 1.82) is 0 Å². The Morgan fingerprint density at radius 1 is 0.405 bits per heavy atom. The SMILES string of the molecule is CC(Nc1cc(Nc2cc(C3CC3)[nH]n2)nc(N)n1)c1ccc(Cl)cc1.CC(Nc1cc(Nc2cc(C3CC3)[nH]n2)nc(N)n1)c1ccc(Cl)cc1Cl.Nc1nc(Nc2cc(C3CC3)[nH]n2)cc(NC(c2ccc(F)cc2)C2CCOC2)n1.Nc1nc(Nc2cc(C3CC3)[nH]n2)cc(NC2(c3ccc(F)cc3)COC2)n1. The summed E-state index contributed by atoms with van der Waals surface area (Å²) in [5.41, 5.74) is 31.6. The van der Waals surface area contributed by atoms with Gasteiger partial charge < -0.3 is 74.9 Å². The minimum atomic E-state index is -0.475. The van der Waals surface area contributed by atoms with Gasteiger partial charge in [-0.1, -0.05) is 77.3 Å². The molecule has 0 spiro atoms. The van der Waals surface area contributed by atoms with Crippen LogP contribution in [-0.4, -0.2) is 107 Å². The summed E-state index contributed by atoms with van der Waals surface area (Å²) < 4.78 is 37.7. The van der Waals surface area contributed by atoms with Gasteiger partial charge in [-0.3, -0.25) is 20.4 Å². The number of nitrogens with zero attached hydrogens (tertiary/aromatic N) is 12. The number of rotatable bonds is 25. The fraction of sp³-hybridized carbons (Fsp3) is 0.316. The van der Waals surface area contributed by atoms with E-state index in [2.05, 4.69) is 123 Å². The molecule has 111 heavy (non-hydrogen) atoms. The summed E-state index contributed by atoms with van der Waals surface area (Å²) >= 11 is 18.2. The number of H-pyrrole nitrogens is 4. The molecule has 18 rings (SSSR count). The molecular formula is C76H83Cl3F2N28O2. The molecule has 30 nitrogen and oxygen atoms in total. The normalized spacial score (nSPS) is 16.8. The Morgan fingerprint density at radius 3 is 1.18 bits per heavy atom.